The minimum Gasteiger partial charge on any atom is -0.504 e. The number of aliphatic hydroxyl groups excluding tert-OH is 2. The van der Waals surface area contributed by atoms with Gasteiger partial charge in [-0.15, -0.1) is 0 Å². The summed E-state index contributed by atoms with van der Waals surface area (Å²) >= 11 is 0. The number of para-hydroxylation sites is 1. The topological polar surface area (TPSA) is 124 Å². The van der Waals surface area contributed by atoms with E-state index in [1.165, 1.54) is 18.2 Å². The number of phenolic OH excluding ortho intramolecular Hbond substituents is 1. The van der Waals surface area contributed by atoms with Crippen LogP contribution >= 0.6 is 0 Å². The van der Waals surface area contributed by atoms with Gasteiger partial charge >= 0.3 is 11.9 Å². The van der Waals surface area contributed by atoms with Gasteiger partial charge in [0, 0.05) is 13.2 Å². The van der Waals surface area contributed by atoms with Crippen LogP contribution in [-0.4, -0.2) is 45.6 Å². The van der Waals surface area contributed by atoms with Crippen molar-refractivity contribution in [1.82, 2.24) is 0 Å². The first kappa shape index (κ1) is 19.4. The third-order valence-corrected chi connectivity index (χ3v) is 3.99. The molecule has 26 heavy (non-hydrogen) atoms. The molecule has 7 nitrogen and oxygen atoms in total. The van der Waals surface area contributed by atoms with Gasteiger partial charge in [0.1, 0.15) is 0 Å². The smallest absolute Gasteiger partial charge is 0.343 e. The molecule has 2 aromatic carbocycles. The van der Waals surface area contributed by atoms with Crippen LogP contribution in [0, 0.1) is 6.92 Å². The second-order valence-electron chi connectivity index (χ2n) is 5.68. The summed E-state index contributed by atoms with van der Waals surface area (Å²) in [4.78, 5) is 24.0. The Bertz CT molecular complexity index is 807. The van der Waals surface area contributed by atoms with Crippen molar-refractivity contribution in [2.24, 2.45) is 0 Å². The Morgan fingerprint density at radius 2 is 1.54 bits per heavy atom. The summed E-state index contributed by atoms with van der Waals surface area (Å²) in [5, 5.41) is 37.8. The Morgan fingerprint density at radius 3 is 2.08 bits per heavy atom. The van der Waals surface area contributed by atoms with E-state index in [0.29, 0.717) is 11.1 Å². The van der Waals surface area contributed by atoms with Crippen LogP contribution in [0.5, 0.6) is 11.5 Å². The summed E-state index contributed by atoms with van der Waals surface area (Å²) in [7, 11) is 0. The van der Waals surface area contributed by atoms with E-state index in [1.807, 2.05) is 0 Å². The molecule has 0 atom stereocenters. The molecule has 7 heteroatoms. The van der Waals surface area contributed by atoms with Gasteiger partial charge in [-0.25, -0.2) is 9.59 Å². The molecular weight excluding hydrogens is 340 g/mol. The van der Waals surface area contributed by atoms with Crippen molar-refractivity contribution in [1.29, 1.82) is 0 Å². The predicted molar refractivity (Wildman–Crippen MR) is 92.8 cm³/mol. The largest absolute Gasteiger partial charge is 0.504 e. The molecule has 0 aliphatic rings. The maximum Gasteiger partial charge on any atom is 0.343 e. The van der Waals surface area contributed by atoms with Crippen LogP contribution in [0.25, 0.3) is 0 Å². The van der Waals surface area contributed by atoms with Gasteiger partial charge in [0.2, 0.25) is 0 Å². The van der Waals surface area contributed by atoms with Crippen molar-refractivity contribution in [3.8, 4) is 11.5 Å². The summed E-state index contributed by atoms with van der Waals surface area (Å²) < 4.78 is 5.30. The van der Waals surface area contributed by atoms with Gasteiger partial charge in [0.15, 0.2) is 11.5 Å². The standard InChI is InChI=1S/C19H20O7/c1-11-3-2-4-16(22)17(11)26-19(25)15-6-5-14(18(23)24)12(7-9-20)13(15)8-10-21/h2-6,20-22H,7-10H2,1H3,(H,23,24). The summed E-state index contributed by atoms with van der Waals surface area (Å²) in [5.74, 6) is -2.16. The number of benzene rings is 2. The van der Waals surface area contributed by atoms with Crippen LogP contribution in [0.15, 0.2) is 30.3 Å². The number of rotatable bonds is 7. The predicted octanol–water partition coefficient (Wildman–Crippen LogP) is 1.69. The fraction of sp³-hybridized carbons (Fsp3) is 0.263. The minimum atomic E-state index is -1.19. The van der Waals surface area contributed by atoms with Gasteiger partial charge in [-0.05, 0) is 54.7 Å². The molecule has 0 heterocycles. The van der Waals surface area contributed by atoms with Crippen LogP contribution in [0.3, 0.4) is 0 Å². The van der Waals surface area contributed by atoms with Crippen LogP contribution in [0.4, 0.5) is 0 Å². The average Bonchev–Trinajstić information content (AvgIpc) is 2.59. The fourth-order valence-electron chi connectivity index (χ4n) is 2.80. The number of carboxylic acid groups (broad SMARTS) is 1. The number of hydrogen-bond donors (Lipinski definition) is 4. The van der Waals surface area contributed by atoms with Crippen molar-refractivity contribution >= 4 is 11.9 Å². The quantitative estimate of drug-likeness (QED) is 0.437. The molecule has 2 rings (SSSR count). The van der Waals surface area contributed by atoms with E-state index >= 15 is 0 Å². The lowest BCUT2D eigenvalue weighted by Gasteiger charge is -2.16. The number of aromatic carboxylic acids is 1. The Morgan fingerprint density at radius 1 is 0.962 bits per heavy atom. The highest BCUT2D eigenvalue weighted by molar-refractivity contribution is 5.97. The normalized spacial score (nSPS) is 10.6. The Kier molecular flexibility index (Phi) is 6.32. The molecule has 0 aromatic heterocycles. The highest BCUT2D eigenvalue weighted by Crippen LogP contribution is 2.31. The molecule has 0 spiro atoms. The SMILES string of the molecule is Cc1cccc(O)c1OC(=O)c1ccc(C(=O)O)c(CCO)c1CCO. The molecule has 138 valence electrons. The van der Waals surface area contributed by atoms with E-state index in [1.54, 1.807) is 19.1 Å². The minimum absolute atomic E-state index is 0.0125. The van der Waals surface area contributed by atoms with Crippen LogP contribution < -0.4 is 4.74 Å². The second-order valence-corrected chi connectivity index (χ2v) is 5.68. The molecule has 4 N–H and O–H groups in total. The van der Waals surface area contributed by atoms with Crippen molar-refractivity contribution in [3.63, 3.8) is 0 Å². The van der Waals surface area contributed by atoms with Gasteiger partial charge in [-0.1, -0.05) is 12.1 Å². The van der Waals surface area contributed by atoms with Crippen LogP contribution in [0.2, 0.25) is 0 Å². The van der Waals surface area contributed by atoms with E-state index in [4.69, 9.17) is 4.74 Å². The van der Waals surface area contributed by atoms with Crippen LogP contribution in [0.1, 0.15) is 37.4 Å². The fourth-order valence-corrected chi connectivity index (χ4v) is 2.80. The highest BCUT2D eigenvalue weighted by Gasteiger charge is 2.23. The van der Waals surface area contributed by atoms with Crippen molar-refractivity contribution in [2.75, 3.05) is 13.2 Å². The number of aliphatic hydroxyl groups is 2. The zero-order valence-corrected chi connectivity index (χ0v) is 14.2. The molecule has 0 aliphatic carbocycles. The zero-order valence-electron chi connectivity index (χ0n) is 14.2. The highest BCUT2D eigenvalue weighted by atomic mass is 16.5. The molecule has 2 aromatic rings. The number of carbonyl (C=O) groups excluding carboxylic acids is 1. The lowest BCUT2D eigenvalue weighted by Crippen LogP contribution is -2.17. The van der Waals surface area contributed by atoms with Gasteiger partial charge in [-0.2, -0.15) is 0 Å². The Labute approximate surface area is 150 Å². The van der Waals surface area contributed by atoms with E-state index in [0.717, 1.165) is 0 Å². The molecule has 0 fully saturated rings. The average molecular weight is 360 g/mol. The van der Waals surface area contributed by atoms with E-state index in [9.17, 15) is 30.0 Å². The van der Waals surface area contributed by atoms with E-state index < -0.39 is 11.9 Å². The summed E-state index contributed by atoms with van der Waals surface area (Å²) in [6, 6.07) is 7.24. The third-order valence-electron chi connectivity index (χ3n) is 3.99. The number of phenols is 1. The number of carboxylic acids is 1. The molecular formula is C19H20O7. The number of hydrogen-bond acceptors (Lipinski definition) is 6. The summed E-state index contributed by atoms with van der Waals surface area (Å²) in [6.07, 6.45) is 0.0499. The molecule has 0 amide bonds. The number of carbonyl (C=O) groups is 2. The van der Waals surface area contributed by atoms with E-state index in [-0.39, 0.29) is 54.2 Å². The number of esters is 1. The van der Waals surface area contributed by atoms with Gasteiger partial charge < -0.3 is 25.2 Å². The Hall–Kier alpha value is -2.90. The van der Waals surface area contributed by atoms with Gasteiger partial charge in [0.25, 0.3) is 0 Å². The lowest BCUT2D eigenvalue weighted by molar-refractivity contribution is 0.0688. The third kappa shape index (κ3) is 4.01. The van der Waals surface area contributed by atoms with Crippen LogP contribution in [-0.2, 0) is 12.8 Å². The molecule has 0 bridgehead atoms. The first-order valence-corrected chi connectivity index (χ1v) is 8.01. The van der Waals surface area contributed by atoms with Gasteiger partial charge in [-0.3, -0.25) is 0 Å². The molecule has 0 saturated carbocycles. The monoisotopic (exact) mass is 360 g/mol. The first-order valence-electron chi connectivity index (χ1n) is 8.01. The Balaban J connectivity index is 2.52. The first-order chi connectivity index (χ1) is 12.4. The number of aryl methyl sites for hydroxylation is 1. The summed E-state index contributed by atoms with van der Waals surface area (Å²) in [5.41, 5.74) is 1.17. The molecule has 0 radical (unpaired) electrons. The van der Waals surface area contributed by atoms with Crippen molar-refractivity contribution in [2.45, 2.75) is 19.8 Å². The lowest BCUT2D eigenvalue weighted by atomic mass is 9.92. The number of ether oxygens (including phenoxy) is 1. The van der Waals surface area contributed by atoms with Gasteiger partial charge in [0.05, 0.1) is 11.1 Å². The maximum absolute atomic E-state index is 12.6. The molecule has 0 unspecified atom stereocenters. The van der Waals surface area contributed by atoms with Crippen molar-refractivity contribution in [3.05, 3.63) is 58.1 Å². The zero-order chi connectivity index (χ0) is 19.3. The molecule has 0 aliphatic heterocycles. The second kappa shape index (κ2) is 8.46. The summed E-state index contributed by atoms with van der Waals surface area (Å²) in [6.45, 7) is 1.05. The van der Waals surface area contributed by atoms with Crippen molar-refractivity contribution < 1.29 is 34.8 Å². The maximum atomic E-state index is 12.6. The van der Waals surface area contributed by atoms with E-state index in [2.05, 4.69) is 0 Å². The number of aromatic hydroxyl groups is 1. The molecule has 0 saturated heterocycles.